The molecule has 2 aromatic carbocycles. The summed E-state index contributed by atoms with van der Waals surface area (Å²) in [6.45, 7) is 0.0896. The summed E-state index contributed by atoms with van der Waals surface area (Å²) in [5.41, 5.74) is -0.340. The lowest BCUT2D eigenvalue weighted by Gasteiger charge is -2.20. The maximum atomic E-state index is 12.8. The van der Waals surface area contributed by atoms with Gasteiger partial charge < -0.3 is 19.7 Å². The van der Waals surface area contributed by atoms with E-state index in [1.807, 2.05) is 0 Å². The third-order valence-electron chi connectivity index (χ3n) is 4.63. The number of rotatable bonds is 5. The van der Waals surface area contributed by atoms with Gasteiger partial charge in [0, 0.05) is 24.7 Å². The second-order valence-electron chi connectivity index (χ2n) is 6.51. The van der Waals surface area contributed by atoms with Crippen LogP contribution >= 0.6 is 0 Å². The third-order valence-corrected chi connectivity index (χ3v) is 4.63. The van der Waals surface area contributed by atoms with Crippen LogP contribution in [-0.2, 0) is 15.8 Å². The Morgan fingerprint density at radius 3 is 2.55 bits per heavy atom. The van der Waals surface area contributed by atoms with E-state index < -0.39 is 23.6 Å². The molecule has 1 fully saturated rings. The fourth-order valence-electron chi connectivity index (χ4n) is 3.14. The van der Waals surface area contributed by atoms with Crippen molar-refractivity contribution in [2.75, 3.05) is 31.0 Å². The molecule has 0 spiro atoms. The molecule has 1 N–H and O–H groups in total. The quantitative estimate of drug-likeness (QED) is 0.819. The summed E-state index contributed by atoms with van der Waals surface area (Å²) in [6, 6.07) is 9.31. The Balaban J connectivity index is 1.74. The monoisotopic (exact) mass is 408 g/mol. The van der Waals surface area contributed by atoms with Crippen LogP contribution < -0.4 is 19.7 Å². The van der Waals surface area contributed by atoms with Gasteiger partial charge in [0.05, 0.1) is 31.4 Å². The van der Waals surface area contributed by atoms with Gasteiger partial charge in [-0.1, -0.05) is 6.07 Å². The molecule has 0 aromatic heterocycles. The van der Waals surface area contributed by atoms with Gasteiger partial charge in [-0.15, -0.1) is 0 Å². The van der Waals surface area contributed by atoms with Gasteiger partial charge in [-0.25, -0.2) is 0 Å². The van der Waals surface area contributed by atoms with E-state index in [4.69, 9.17) is 9.47 Å². The van der Waals surface area contributed by atoms with E-state index in [2.05, 4.69) is 5.32 Å². The Morgan fingerprint density at radius 1 is 1.14 bits per heavy atom. The minimum absolute atomic E-state index is 0.0257. The smallest absolute Gasteiger partial charge is 0.416 e. The molecule has 2 aromatic rings. The van der Waals surface area contributed by atoms with Crippen molar-refractivity contribution < 1.29 is 32.2 Å². The molecular formula is C20H19F3N2O4. The zero-order valence-corrected chi connectivity index (χ0v) is 15.7. The first kappa shape index (κ1) is 20.5. The summed E-state index contributed by atoms with van der Waals surface area (Å²) in [7, 11) is 2.96. The van der Waals surface area contributed by atoms with Crippen LogP contribution in [0.2, 0.25) is 0 Å². The number of alkyl halides is 3. The van der Waals surface area contributed by atoms with E-state index in [0.717, 1.165) is 12.1 Å². The molecule has 1 aliphatic rings. The number of anilines is 2. The summed E-state index contributed by atoms with van der Waals surface area (Å²) in [5, 5.41) is 2.47. The maximum absolute atomic E-state index is 12.8. The van der Waals surface area contributed by atoms with Crippen LogP contribution in [0.25, 0.3) is 0 Å². The molecule has 0 saturated carbocycles. The summed E-state index contributed by atoms with van der Waals surface area (Å²) in [6.07, 6.45) is -4.56. The number of ether oxygens (including phenoxy) is 2. The Labute approximate surface area is 165 Å². The fourth-order valence-corrected chi connectivity index (χ4v) is 3.14. The predicted molar refractivity (Wildman–Crippen MR) is 100 cm³/mol. The van der Waals surface area contributed by atoms with Crippen molar-refractivity contribution in [3.05, 3.63) is 48.0 Å². The summed E-state index contributed by atoms with van der Waals surface area (Å²) in [5.74, 6) is -0.540. The average Bonchev–Trinajstić information content (AvgIpc) is 3.08. The van der Waals surface area contributed by atoms with Gasteiger partial charge >= 0.3 is 6.18 Å². The van der Waals surface area contributed by atoms with E-state index >= 15 is 0 Å². The van der Waals surface area contributed by atoms with Crippen LogP contribution in [0.1, 0.15) is 12.0 Å². The number of amides is 2. The first-order chi connectivity index (χ1) is 13.7. The number of nitrogens with zero attached hydrogens (tertiary/aromatic N) is 1. The molecule has 2 amide bonds. The van der Waals surface area contributed by atoms with E-state index in [1.54, 1.807) is 18.2 Å². The number of hydrogen-bond donors (Lipinski definition) is 1. The SMILES string of the molecule is COc1ccc(N2C[C@H](C(=O)Nc3cccc(C(F)(F)F)c3)CC2=O)c(OC)c1. The molecule has 0 aliphatic carbocycles. The van der Waals surface area contributed by atoms with Crippen molar-refractivity contribution in [2.24, 2.45) is 5.92 Å². The first-order valence-corrected chi connectivity index (χ1v) is 8.73. The first-order valence-electron chi connectivity index (χ1n) is 8.73. The van der Waals surface area contributed by atoms with Crippen molar-refractivity contribution in [1.82, 2.24) is 0 Å². The summed E-state index contributed by atoms with van der Waals surface area (Å²) >= 11 is 0. The van der Waals surface area contributed by atoms with Gasteiger partial charge in [0.1, 0.15) is 11.5 Å². The molecule has 1 heterocycles. The van der Waals surface area contributed by atoms with Crippen LogP contribution in [0.4, 0.5) is 24.5 Å². The maximum Gasteiger partial charge on any atom is 0.416 e. The molecule has 0 radical (unpaired) electrons. The van der Waals surface area contributed by atoms with Gasteiger partial charge in [0.15, 0.2) is 0 Å². The fraction of sp³-hybridized carbons (Fsp3) is 0.300. The molecule has 1 saturated heterocycles. The number of methoxy groups -OCH3 is 2. The van der Waals surface area contributed by atoms with E-state index in [-0.39, 0.29) is 24.6 Å². The number of carbonyl (C=O) groups excluding carboxylic acids is 2. The molecule has 3 rings (SSSR count). The Bertz CT molecular complexity index is 930. The number of benzene rings is 2. The molecule has 1 atom stereocenters. The van der Waals surface area contributed by atoms with E-state index in [0.29, 0.717) is 17.2 Å². The zero-order chi connectivity index (χ0) is 21.2. The lowest BCUT2D eigenvalue weighted by molar-refractivity contribution is -0.137. The average molecular weight is 408 g/mol. The third kappa shape index (κ3) is 4.44. The van der Waals surface area contributed by atoms with E-state index in [9.17, 15) is 22.8 Å². The van der Waals surface area contributed by atoms with Crippen LogP contribution in [0.15, 0.2) is 42.5 Å². The largest absolute Gasteiger partial charge is 0.497 e. The van der Waals surface area contributed by atoms with Crippen molar-refractivity contribution in [3.63, 3.8) is 0 Å². The lowest BCUT2D eigenvalue weighted by atomic mass is 10.1. The van der Waals surface area contributed by atoms with Crippen molar-refractivity contribution in [3.8, 4) is 11.5 Å². The Hall–Kier alpha value is -3.23. The molecule has 9 heteroatoms. The van der Waals surface area contributed by atoms with Gasteiger partial charge in [0.25, 0.3) is 0 Å². The Kier molecular flexibility index (Phi) is 5.67. The number of hydrogen-bond acceptors (Lipinski definition) is 4. The molecule has 29 heavy (non-hydrogen) atoms. The van der Waals surface area contributed by atoms with Crippen molar-refractivity contribution in [2.45, 2.75) is 12.6 Å². The predicted octanol–water partition coefficient (Wildman–Crippen LogP) is 3.71. The highest BCUT2D eigenvalue weighted by Gasteiger charge is 2.37. The van der Waals surface area contributed by atoms with E-state index in [1.165, 1.54) is 31.3 Å². The second-order valence-corrected chi connectivity index (χ2v) is 6.51. The molecule has 154 valence electrons. The minimum atomic E-state index is -4.51. The number of halogens is 3. The summed E-state index contributed by atoms with van der Waals surface area (Å²) in [4.78, 5) is 26.4. The number of carbonyl (C=O) groups is 2. The standard InChI is InChI=1S/C20H19F3N2O4/c1-28-15-6-7-16(17(10-15)29-2)25-11-12(8-18(25)26)19(27)24-14-5-3-4-13(9-14)20(21,22)23/h3-7,9-10,12H,8,11H2,1-2H3,(H,24,27)/t12-/m1/s1. The highest BCUT2D eigenvalue weighted by molar-refractivity contribution is 6.04. The minimum Gasteiger partial charge on any atom is -0.497 e. The van der Waals surface area contributed by atoms with Gasteiger partial charge in [-0.05, 0) is 30.3 Å². The second kappa shape index (κ2) is 8.02. The van der Waals surface area contributed by atoms with Crippen molar-refractivity contribution in [1.29, 1.82) is 0 Å². The molecule has 1 aliphatic heterocycles. The molecule has 0 unspecified atom stereocenters. The zero-order valence-electron chi connectivity index (χ0n) is 15.7. The van der Waals surface area contributed by atoms with Gasteiger partial charge in [0.2, 0.25) is 11.8 Å². The molecule has 6 nitrogen and oxygen atoms in total. The van der Waals surface area contributed by atoms with Crippen LogP contribution in [-0.4, -0.2) is 32.6 Å². The lowest BCUT2D eigenvalue weighted by Crippen LogP contribution is -2.28. The van der Waals surface area contributed by atoms with Crippen molar-refractivity contribution >= 4 is 23.2 Å². The molecule has 0 bridgehead atoms. The van der Waals surface area contributed by atoms with Gasteiger partial charge in [-0.2, -0.15) is 13.2 Å². The van der Waals surface area contributed by atoms with Crippen LogP contribution in [0, 0.1) is 5.92 Å². The van der Waals surface area contributed by atoms with Crippen LogP contribution in [0.5, 0.6) is 11.5 Å². The highest BCUT2D eigenvalue weighted by Crippen LogP contribution is 2.36. The topological polar surface area (TPSA) is 67.9 Å². The van der Waals surface area contributed by atoms with Crippen LogP contribution in [0.3, 0.4) is 0 Å². The normalized spacial score (nSPS) is 16.7. The van der Waals surface area contributed by atoms with Gasteiger partial charge in [-0.3, -0.25) is 9.59 Å². The summed E-state index contributed by atoms with van der Waals surface area (Å²) < 4.78 is 48.9. The Morgan fingerprint density at radius 2 is 1.90 bits per heavy atom. The highest BCUT2D eigenvalue weighted by atomic mass is 19.4. The number of nitrogens with one attached hydrogen (secondary N) is 1. The molecular weight excluding hydrogens is 389 g/mol.